The first kappa shape index (κ1) is 14.9. The van der Waals surface area contributed by atoms with Crippen LogP contribution in [0.15, 0.2) is 48.5 Å². The van der Waals surface area contributed by atoms with E-state index in [0.717, 1.165) is 5.56 Å². The molecule has 0 aromatic heterocycles. The lowest BCUT2D eigenvalue weighted by molar-refractivity contribution is -0.122. The van der Waals surface area contributed by atoms with E-state index < -0.39 is 6.10 Å². The van der Waals surface area contributed by atoms with Crippen molar-refractivity contribution in [1.29, 1.82) is 0 Å². The molecular formula is C17H20N2O2. The van der Waals surface area contributed by atoms with Crippen LogP contribution in [0, 0.1) is 6.92 Å². The van der Waals surface area contributed by atoms with E-state index in [2.05, 4.69) is 5.32 Å². The van der Waals surface area contributed by atoms with Gasteiger partial charge in [-0.1, -0.05) is 25.1 Å². The fourth-order valence-electron chi connectivity index (χ4n) is 2.01. The minimum Gasteiger partial charge on any atom is -0.481 e. The van der Waals surface area contributed by atoms with Crippen LogP contribution in [0.4, 0.5) is 11.4 Å². The van der Waals surface area contributed by atoms with E-state index >= 15 is 0 Å². The Bertz CT molecular complexity index is 626. The first-order chi connectivity index (χ1) is 10.1. The zero-order valence-corrected chi connectivity index (χ0v) is 12.3. The third kappa shape index (κ3) is 4.24. The van der Waals surface area contributed by atoms with Crippen molar-refractivity contribution >= 4 is 17.3 Å². The lowest BCUT2D eigenvalue weighted by atomic mass is 10.2. The second kappa shape index (κ2) is 6.79. The van der Waals surface area contributed by atoms with E-state index in [1.165, 1.54) is 0 Å². The third-order valence-electron chi connectivity index (χ3n) is 3.09. The molecule has 0 radical (unpaired) electrons. The van der Waals surface area contributed by atoms with Gasteiger partial charge in [0.05, 0.1) is 0 Å². The molecule has 1 unspecified atom stereocenters. The Kier molecular flexibility index (Phi) is 4.82. The summed E-state index contributed by atoms with van der Waals surface area (Å²) >= 11 is 0. The average Bonchev–Trinajstić information content (AvgIpc) is 2.44. The van der Waals surface area contributed by atoms with Crippen molar-refractivity contribution in [2.24, 2.45) is 0 Å². The summed E-state index contributed by atoms with van der Waals surface area (Å²) in [6.07, 6.45) is 0.0514. The highest BCUT2D eigenvalue weighted by Gasteiger charge is 2.18. The summed E-state index contributed by atoms with van der Waals surface area (Å²) in [4.78, 5) is 12.3. The molecule has 0 saturated carbocycles. The first-order valence-electron chi connectivity index (χ1n) is 6.98. The van der Waals surface area contributed by atoms with Gasteiger partial charge in [0.25, 0.3) is 5.91 Å². The van der Waals surface area contributed by atoms with Crippen molar-refractivity contribution in [1.82, 2.24) is 0 Å². The number of hydrogen-bond acceptors (Lipinski definition) is 3. The average molecular weight is 284 g/mol. The monoisotopic (exact) mass is 284 g/mol. The van der Waals surface area contributed by atoms with Crippen LogP contribution in [0.5, 0.6) is 5.75 Å². The molecule has 21 heavy (non-hydrogen) atoms. The lowest BCUT2D eigenvalue weighted by Gasteiger charge is -2.17. The number of aryl methyl sites for hydroxylation is 1. The number of anilines is 2. The summed E-state index contributed by atoms with van der Waals surface area (Å²) in [5.41, 5.74) is 8.08. The van der Waals surface area contributed by atoms with Crippen LogP contribution >= 0.6 is 0 Å². The van der Waals surface area contributed by atoms with Crippen LogP contribution in [0.1, 0.15) is 18.9 Å². The maximum absolute atomic E-state index is 12.3. The van der Waals surface area contributed by atoms with Gasteiger partial charge in [0, 0.05) is 11.4 Å². The molecule has 2 aromatic carbocycles. The van der Waals surface area contributed by atoms with Gasteiger partial charge in [0.15, 0.2) is 6.10 Å². The van der Waals surface area contributed by atoms with Crippen LogP contribution in [0.25, 0.3) is 0 Å². The van der Waals surface area contributed by atoms with E-state index in [-0.39, 0.29) is 5.91 Å². The largest absolute Gasteiger partial charge is 0.481 e. The maximum Gasteiger partial charge on any atom is 0.265 e. The molecule has 1 amide bonds. The van der Waals surface area contributed by atoms with E-state index in [1.54, 1.807) is 24.3 Å². The number of carbonyl (C=O) groups is 1. The fourth-order valence-corrected chi connectivity index (χ4v) is 2.01. The third-order valence-corrected chi connectivity index (χ3v) is 3.09. The number of nitrogens with two attached hydrogens (primary N) is 1. The number of nitrogen functional groups attached to an aromatic ring is 1. The Hall–Kier alpha value is -2.49. The molecule has 110 valence electrons. The summed E-state index contributed by atoms with van der Waals surface area (Å²) in [6.45, 7) is 3.90. The molecule has 1 atom stereocenters. The van der Waals surface area contributed by atoms with E-state index in [1.807, 2.05) is 38.1 Å². The molecule has 4 nitrogen and oxygen atoms in total. The molecular weight excluding hydrogens is 264 g/mol. The molecule has 0 saturated heterocycles. The van der Waals surface area contributed by atoms with Gasteiger partial charge >= 0.3 is 0 Å². The minimum absolute atomic E-state index is 0.176. The van der Waals surface area contributed by atoms with Crippen LogP contribution in [0.2, 0.25) is 0 Å². The van der Waals surface area contributed by atoms with Crippen LogP contribution in [0.3, 0.4) is 0 Å². The second-order valence-corrected chi connectivity index (χ2v) is 4.95. The molecule has 0 aliphatic carbocycles. The van der Waals surface area contributed by atoms with Crippen molar-refractivity contribution in [3.05, 3.63) is 54.1 Å². The highest BCUT2D eigenvalue weighted by atomic mass is 16.5. The topological polar surface area (TPSA) is 64.3 Å². The molecule has 0 aliphatic rings. The Morgan fingerprint density at radius 3 is 2.67 bits per heavy atom. The van der Waals surface area contributed by atoms with Crippen LogP contribution in [-0.2, 0) is 4.79 Å². The van der Waals surface area contributed by atoms with Crippen molar-refractivity contribution < 1.29 is 9.53 Å². The molecule has 3 N–H and O–H groups in total. The fraction of sp³-hybridized carbons (Fsp3) is 0.235. The van der Waals surface area contributed by atoms with Gasteiger partial charge in [-0.2, -0.15) is 0 Å². The lowest BCUT2D eigenvalue weighted by Crippen LogP contribution is -2.32. The zero-order chi connectivity index (χ0) is 15.2. The molecule has 0 bridgehead atoms. The normalized spacial score (nSPS) is 11.7. The van der Waals surface area contributed by atoms with Gasteiger partial charge in [-0.05, 0) is 49.2 Å². The predicted octanol–water partition coefficient (Wildman–Crippen LogP) is 3.37. The molecule has 2 aromatic rings. The molecule has 0 aliphatic heterocycles. The Labute approximate surface area is 124 Å². The molecule has 0 fully saturated rings. The van der Waals surface area contributed by atoms with Gasteiger partial charge in [0.1, 0.15) is 5.75 Å². The SMILES string of the molecule is CCC(Oc1cccc(C)c1)C(=O)Nc1cccc(N)c1. The number of ether oxygens (including phenoxy) is 1. The number of benzene rings is 2. The highest BCUT2D eigenvalue weighted by Crippen LogP contribution is 2.17. The molecule has 0 heterocycles. The van der Waals surface area contributed by atoms with Crippen molar-refractivity contribution in [2.45, 2.75) is 26.4 Å². The van der Waals surface area contributed by atoms with Gasteiger partial charge in [0.2, 0.25) is 0 Å². The van der Waals surface area contributed by atoms with Crippen molar-refractivity contribution in [2.75, 3.05) is 11.1 Å². The standard InChI is InChI=1S/C17H20N2O2/c1-3-16(21-15-9-4-6-12(2)10-15)17(20)19-14-8-5-7-13(18)11-14/h4-11,16H,3,18H2,1-2H3,(H,19,20). The number of amides is 1. The van der Waals surface area contributed by atoms with Gasteiger partial charge in [-0.3, -0.25) is 4.79 Å². The van der Waals surface area contributed by atoms with Crippen LogP contribution in [-0.4, -0.2) is 12.0 Å². The van der Waals surface area contributed by atoms with Crippen molar-refractivity contribution in [3.63, 3.8) is 0 Å². The number of nitrogens with one attached hydrogen (secondary N) is 1. The second-order valence-electron chi connectivity index (χ2n) is 4.95. The number of carbonyl (C=O) groups excluding carboxylic acids is 1. The summed E-state index contributed by atoms with van der Waals surface area (Å²) in [5.74, 6) is 0.522. The Morgan fingerprint density at radius 2 is 2.00 bits per heavy atom. The van der Waals surface area contributed by atoms with E-state index in [4.69, 9.17) is 10.5 Å². The van der Waals surface area contributed by atoms with E-state index in [9.17, 15) is 4.79 Å². The summed E-state index contributed by atoms with van der Waals surface area (Å²) in [5, 5.41) is 2.82. The Balaban J connectivity index is 2.05. The van der Waals surface area contributed by atoms with Crippen molar-refractivity contribution in [3.8, 4) is 5.75 Å². The summed E-state index contributed by atoms with van der Waals surface area (Å²) in [7, 11) is 0. The first-order valence-corrected chi connectivity index (χ1v) is 6.98. The summed E-state index contributed by atoms with van der Waals surface area (Å²) in [6, 6.07) is 14.8. The predicted molar refractivity (Wildman–Crippen MR) is 85.4 cm³/mol. The summed E-state index contributed by atoms with van der Waals surface area (Å²) < 4.78 is 5.77. The van der Waals surface area contributed by atoms with Gasteiger partial charge in [-0.15, -0.1) is 0 Å². The highest BCUT2D eigenvalue weighted by molar-refractivity contribution is 5.94. The quantitative estimate of drug-likeness (QED) is 0.827. The number of rotatable bonds is 5. The maximum atomic E-state index is 12.3. The van der Waals surface area contributed by atoms with E-state index in [0.29, 0.717) is 23.5 Å². The molecule has 0 spiro atoms. The number of hydrogen-bond donors (Lipinski definition) is 2. The van der Waals surface area contributed by atoms with Crippen LogP contribution < -0.4 is 15.8 Å². The minimum atomic E-state index is -0.534. The van der Waals surface area contributed by atoms with Gasteiger partial charge in [-0.25, -0.2) is 0 Å². The molecule has 4 heteroatoms. The Morgan fingerprint density at radius 1 is 1.24 bits per heavy atom. The molecule has 2 rings (SSSR count). The van der Waals surface area contributed by atoms with Gasteiger partial charge < -0.3 is 15.8 Å². The smallest absolute Gasteiger partial charge is 0.265 e. The zero-order valence-electron chi connectivity index (χ0n) is 12.3.